The number of halogens is 1. The van der Waals surface area contributed by atoms with Crippen LogP contribution in [0.2, 0.25) is 0 Å². The molecular formula is C24H27FN4O5. The SMILES string of the molecule is N=C(N)c1ccc(OCCCCC(CC(=O)O)(c2ccccc2F)N2CCNC(=O)C2=O)cc1. The number of carbonyl (C=O) groups is 3. The van der Waals surface area contributed by atoms with Crippen molar-refractivity contribution in [2.24, 2.45) is 5.73 Å². The van der Waals surface area contributed by atoms with E-state index in [1.807, 2.05) is 0 Å². The molecule has 180 valence electrons. The Morgan fingerprint density at radius 2 is 1.88 bits per heavy atom. The van der Waals surface area contributed by atoms with Crippen LogP contribution in [-0.2, 0) is 19.9 Å². The third kappa shape index (κ3) is 5.51. The van der Waals surface area contributed by atoms with Gasteiger partial charge < -0.3 is 25.8 Å². The smallest absolute Gasteiger partial charge is 0.312 e. The molecule has 2 amide bonds. The first kappa shape index (κ1) is 24.7. The number of nitrogens with zero attached hydrogens (tertiary/aromatic N) is 1. The van der Waals surface area contributed by atoms with Crippen molar-refractivity contribution in [1.29, 1.82) is 5.41 Å². The van der Waals surface area contributed by atoms with Gasteiger partial charge in [0.05, 0.1) is 18.6 Å². The summed E-state index contributed by atoms with van der Waals surface area (Å²) >= 11 is 0. The summed E-state index contributed by atoms with van der Waals surface area (Å²) in [5.41, 5.74) is 4.56. The second kappa shape index (κ2) is 10.8. The van der Waals surface area contributed by atoms with Crippen molar-refractivity contribution in [2.75, 3.05) is 19.7 Å². The molecule has 2 aromatic rings. The number of amidine groups is 1. The Bertz CT molecular complexity index is 1080. The van der Waals surface area contributed by atoms with Crippen LogP contribution in [0.15, 0.2) is 48.5 Å². The molecular weight excluding hydrogens is 443 g/mol. The number of carboxylic acid groups (broad SMARTS) is 1. The molecule has 0 aromatic heterocycles. The van der Waals surface area contributed by atoms with Gasteiger partial charge in [0.15, 0.2) is 0 Å². The van der Waals surface area contributed by atoms with Crippen LogP contribution in [0.5, 0.6) is 5.75 Å². The Hall–Kier alpha value is -3.95. The lowest BCUT2D eigenvalue weighted by Gasteiger charge is -2.45. The average Bonchev–Trinajstić information content (AvgIpc) is 2.80. The van der Waals surface area contributed by atoms with Crippen molar-refractivity contribution in [2.45, 2.75) is 31.2 Å². The molecule has 0 aliphatic carbocycles. The van der Waals surface area contributed by atoms with E-state index in [0.717, 1.165) is 0 Å². The van der Waals surface area contributed by atoms with Crippen molar-refractivity contribution in [3.8, 4) is 5.75 Å². The predicted octanol–water partition coefficient (Wildman–Crippen LogP) is 1.99. The fourth-order valence-corrected chi connectivity index (χ4v) is 4.21. The van der Waals surface area contributed by atoms with Crippen molar-refractivity contribution in [3.05, 3.63) is 65.5 Å². The van der Waals surface area contributed by atoms with Gasteiger partial charge in [0, 0.05) is 24.2 Å². The number of ether oxygens (including phenoxy) is 1. The molecule has 34 heavy (non-hydrogen) atoms. The molecule has 0 spiro atoms. The normalized spacial score (nSPS) is 15.4. The fourth-order valence-electron chi connectivity index (χ4n) is 4.21. The summed E-state index contributed by atoms with van der Waals surface area (Å²) in [4.78, 5) is 37.9. The lowest BCUT2D eigenvalue weighted by Crippen LogP contribution is -2.61. The van der Waals surface area contributed by atoms with E-state index >= 15 is 0 Å². The molecule has 1 aliphatic rings. The maximum atomic E-state index is 14.9. The Labute approximate surface area is 196 Å². The highest BCUT2D eigenvalue weighted by atomic mass is 19.1. The van der Waals surface area contributed by atoms with Gasteiger partial charge in [-0.1, -0.05) is 18.2 Å². The number of amides is 2. The van der Waals surface area contributed by atoms with Crippen LogP contribution in [0, 0.1) is 11.2 Å². The number of aliphatic carboxylic acids is 1. The Morgan fingerprint density at radius 3 is 2.53 bits per heavy atom. The van der Waals surface area contributed by atoms with Crippen LogP contribution in [0.25, 0.3) is 0 Å². The first-order valence-corrected chi connectivity index (χ1v) is 10.9. The van der Waals surface area contributed by atoms with E-state index in [4.69, 9.17) is 15.9 Å². The van der Waals surface area contributed by atoms with Crippen LogP contribution in [0.3, 0.4) is 0 Å². The molecule has 10 heteroatoms. The minimum absolute atomic E-state index is 0.0459. The Morgan fingerprint density at radius 1 is 1.18 bits per heavy atom. The Balaban J connectivity index is 1.78. The molecule has 9 nitrogen and oxygen atoms in total. The molecule has 0 bridgehead atoms. The standard InChI is InChI=1S/C24H27FN4O5/c25-19-6-2-1-5-18(19)24(15-20(30)31,29-13-12-28-22(32)23(29)33)11-3-4-14-34-17-9-7-16(8-10-17)21(26)27/h1-2,5-10H,3-4,11-15H2,(H3,26,27)(H,28,32)(H,30,31). The van der Waals surface area contributed by atoms with Gasteiger partial charge in [-0.3, -0.25) is 19.8 Å². The fraction of sp³-hybridized carbons (Fsp3) is 0.333. The summed E-state index contributed by atoms with van der Waals surface area (Å²) in [5.74, 6) is -3.02. The number of carboxylic acids is 1. The lowest BCUT2D eigenvalue weighted by molar-refractivity contribution is -0.157. The zero-order valence-electron chi connectivity index (χ0n) is 18.6. The highest BCUT2D eigenvalue weighted by molar-refractivity contribution is 6.35. The molecule has 3 rings (SSSR count). The largest absolute Gasteiger partial charge is 0.494 e. The zero-order valence-corrected chi connectivity index (χ0v) is 18.6. The van der Waals surface area contributed by atoms with E-state index < -0.39 is 35.6 Å². The summed E-state index contributed by atoms with van der Waals surface area (Å²) in [6, 6.07) is 12.5. The molecule has 0 radical (unpaired) electrons. The van der Waals surface area contributed by atoms with Gasteiger partial charge >= 0.3 is 17.8 Å². The van der Waals surface area contributed by atoms with Gasteiger partial charge in [-0.25, -0.2) is 4.39 Å². The Kier molecular flexibility index (Phi) is 7.83. The van der Waals surface area contributed by atoms with E-state index in [2.05, 4.69) is 5.32 Å². The molecule has 1 heterocycles. The zero-order chi connectivity index (χ0) is 24.7. The summed E-state index contributed by atoms with van der Waals surface area (Å²) in [7, 11) is 0. The third-order valence-corrected chi connectivity index (χ3v) is 5.81. The average molecular weight is 471 g/mol. The molecule has 1 atom stereocenters. The number of hydrogen-bond acceptors (Lipinski definition) is 5. The highest BCUT2D eigenvalue weighted by Crippen LogP contribution is 2.39. The van der Waals surface area contributed by atoms with Crippen LogP contribution < -0.4 is 15.8 Å². The number of benzene rings is 2. The van der Waals surface area contributed by atoms with Crippen LogP contribution in [-0.4, -0.2) is 53.3 Å². The number of piperazine rings is 1. The van der Waals surface area contributed by atoms with Crippen molar-refractivity contribution < 1.29 is 28.6 Å². The van der Waals surface area contributed by atoms with Crippen molar-refractivity contribution >= 4 is 23.6 Å². The third-order valence-electron chi connectivity index (χ3n) is 5.81. The van der Waals surface area contributed by atoms with E-state index in [1.54, 1.807) is 30.3 Å². The van der Waals surface area contributed by atoms with E-state index in [-0.39, 0.29) is 30.9 Å². The van der Waals surface area contributed by atoms with Gasteiger partial charge in [0.1, 0.15) is 17.4 Å². The van der Waals surface area contributed by atoms with Gasteiger partial charge in [0.2, 0.25) is 0 Å². The molecule has 1 saturated heterocycles. The number of unbranched alkanes of at least 4 members (excludes halogenated alkanes) is 1. The lowest BCUT2D eigenvalue weighted by atomic mass is 9.79. The summed E-state index contributed by atoms with van der Waals surface area (Å²) in [6.07, 6.45) is 0.503. The molecule has 5 N–H and O–H groups in total. The number of hydrogen-bond donors (Lipinski definition) is 4. The number of nitrogens with two attached hydrogens (primary N) is 1. The first-order valence-electron chi connectivity index (χ1n) is 10.9. The molecule has 0 saturated carbocycles. The number of rotatable bonds is 11. The van der Waals surface area contributed by atoms with Crippen molar-refractivity contribution in [1.82, 2.24) is 10.2 Å². The summed E-state index contributed by atoms with van der Waals surface area (Å²) in [6.45, 7) is 0.527. The second-order valence-electron chi connectivity index (χ2n) is 8.04. The minimum Gasteiger partial charge on any atom is -0.494 e. The predicted molar refractivity (Wildman–Crippen MR) is 122 cm³/mol. The van der Waals surface area contributed by atoms with Gasteiger partial charge in [-0.05, 0) is 49.6 Å². The van der Waals surface area contributed by atoms with E-state index in [9.17, 15) is 23.9 Å². The maximum absolute atomic E-state index is 14.9. The highest BCUT2D eigenvalue weighted by Gasteiger charge is 2.47. The van der Waals surface area contributed by atoms with Gasteiger partial charge in [-0.15, -0.1) is 0 Å². The molecule has 2 aromatic carbocycles. The molecule has 1 aliphatic heterocycles. The minimum atomic E-state index is -1.52. The van der Waals surface area contributed by atoms with E-state index in [0.29, 0.717) is 30.8 Å². The summed E-state index contributed by atoms with van der Waals surface area (Å²) in [5, 5.41) is 19.6. The topological polar surface area (TPSA) is 146 Å². The summed E-state index contributed by atoms with van der Waals surface area (Å²) < 4.78 is 20.6. The second-order valence-corrected chi connectivity index (χ2v) is 8.04. The monoisotopic (exact) mass is 470 g/mol. The van der Waals surface area contributed by atoms with Crippen LogP contribution >= 0.6 is 0 Å². The number of carbonyl (C=O) groups excluding carboxylic acids is 2. The first-order chi connectivity index (χ1) is 16.2. The number of nitrogens with one attached hydrogen (secondary N) is 2. The van der Waals surface area contributed by atoms with Crippen molar-refractivity contribution in [3.63, 3.8) is 0 Å². The quantitative estimate of drug-likeness (QED) is 0.171. The maximum Gasteiger partial charge on any atom is 0.312 e. The van der Waals surface area contributed by atoms with E-state index in [1.165, 1.54) is 23.1 Å². The van der Waals surface area contributed by atoms with Crippen LogP contribution in [0.4, 0.5) is 4.39 Å². The molecule has 1 unspecified atom stereocenters. The van der Waals surface area contributed by atoms with Crippen LogP contribution in [0.1, 0.15) is 36.8 Å². The molecule has 1 fully saturated rings. The number of nitrogen functional groups attached to an aromatic ring is 1. The van der Waals surface area contributed by atoms with Gasteiger partial charge in [-0.2, -0.15) is 0 Å². The van der Waals surface area contributed by atoms with Gasteiger partial charge in [0.25, 0.3) is 0 Å².